The second-order valence-corrected chi connectivity index (χ2v) is 6.94. The van der Waals surface area contributed by atoms with Gasteiger partial charge in [-0.2, -0.15) is 0 Å². The number of nitrogens with zero attached hydrogens (tertiary/aromatic N) is 1. The lowest BCUT2D eigenvalue weighted by Crippen LogP contribution is -2.30. The van der Waals surface area contributed by atoms with Crippen molar-refractivity contribution in [3.8, 4) is 0 Å². The van der Waals surface area contributed by atoms with E-state index in [0.717, 1.165) is 5.56 Å². The minimum Gasteiger partial charge on any atom is -0.317 e. The van der Waals surface area contributed by atoms with Gasteiger partial charge in [0, 0.05) is 16.0 Å². The van der Waals surface area contributed by atoms with E-state index in [1.807, 2.05) is 36.4 Å². The summed E-state index contributed by atoms with van der Waals surface area (Å²) in [6, 6.07) is 16.3. The van der Waals surface area contributed by atoms with Crippen molar-refractivity contribution in [3.63, 3.8) is 0 Å². The topological polar surface area (TPSA) is 71.1 Å². The molecule has 3 rings (SSSR count). The van der Waals surface area contributed by atoms with Gasteiger partial charge in [-0.05, 0) is 39.7 Å². The Bertz CT molecular complexity index is 940. The van der Waals surface area contributed by atoms with E-state index < -0.39 is 5.91 Å². The molecular weight excluding hydrogens is 414 g/mol. The summed E-state index contributed by atoms with van der Waals surface area (Å²) in [4.78, 5) is 29.3. The summed E-state index contributed by atoms with van der Waals surface area (Å²) in [6.45, 7) is 0. The smallest absolute Gasteiger partial charge is 0.273 e. The van der Waals surface area contributed by atoms with Crippen LogP contribution in [0.4, 0.5) is 5.13 Å². The molecule has 0 aliphatic carbocycles. The first-order valence-electron chi connectivity index (χ1n) is 7.67. The van der Waals surface area contributed by atoms with Crippen molar-refractivity contribution in [1.82, 2.24) is 10.3 Å². The van der Waals surface area contributed by atoms with Crippen molar-refractivity contribution in [1.29, 1.82) is 0 Å². The maximum Gasteiger partial charge on any atom is 0.273 e. The van der Waals surface area contributed by atoms with Crippen LogP contribution in [-0.4, -0.2) is 16.8 Å². The summed E-state index contributed by atoms with van der Waals surface area (Å²) in [5.41, 5.74) is 1.37. The van der Waals surface area contributed by atoms with Crippen LogP contribution in [0.1, 0.15) is 15.9 Å². The lowest BCUT2D eigenvalue weighted by atomic mass is 10.1. The zero-order valence-corrected chi connectivity index (χ0v) is 15.9. The molecule has 1 heterocycles. The van der Waals surface area contributed by atoms with Crippen LogP contribution < -0.4 is 10.6 Å². The van der Waals surface area contributed by atoms with Gasteiger partial charge in [-0.1, -0.05) is 42.5 Å². The first kappa shape index (κ1) is 18.0. The van der Waals surface area contributed by atoms with Crippen LogP contribution in [0.15, 0.2) is 76.3 Å². The molecule has 0 aliphatic heterocycles. The standard InChI is InChI=1S/C19H14BrN3O2S/c20-15-9-5-4-8-14(15)17(24)22-16(12-13-6-2-1-3-7-13)18(25)23-19-21-10-11-26-19/h1-12H,(H,22,24)(H,21,23,25)/b16-12-. The fourth-order valence-electron chi connectivity index (χ4n) is 2.16. The SMILES string of the molecule is O=C(Nc1nccs1)/C(=C/c1ccccc1)NC(=O)c1ccccc1Br. The van der Waals surface area contributed by atoms with Crippen LogP contribution in [-0.2, 0) is 4.79 Å². The van der Waals surface area contributed by atoms with Gasteiger partial charge < -0.3 is 5.32 Å². The normalized spacial score (nSPS) is 11.0. The molecule has 0 saturated heterocycles. The maximum atomic E-state index is 12.6. The third-order valence-electron chi connectivity index (χ3n) is 3.37. The second-order valence-electron chi connectivity index (χ2n) is 5.19. The first-order valence-corrected chi connectivity index (χ1v) is 9.34. The number of thiazole rings is 1. The van der Waals surface area contributed by atoms with E-state index in [0.29, 0.717) is 15.2 Å². The molecule has 2 N–H and O–H groups in total. The van der Waals surface area contributed by atoms with Crippen LogP contribution in [0.25, 0.3) is 6.08 Å². The van der Waals surface area contributed by atoms with Gasteiger partial charge >= 0.3 is 0 Å². The van der Waals surface area contributed by atoms with Crippen LogP contribution in [0, 0.1) is 0 Å². The summed E-state index contributed by atoms with van der Waals surface area (Å²) in [5.74, 6) is -0.821. The number of rotatable bonds is 5. The molecular formula is C19H14BrN3O2S. The maximum absolute atomic E-state index is 12.6. The molecule has 26 heavy (non-hydrogen) atoms. The van der Waals surface area contributed by atoms with Gasteiger partial charge in [0.2, 0.25) is 0 Å². The summed E-state index contributed by atoms with van der Waals surface area (Å²) in [5, 5.41) is 7.60. The molecule has 2 amide bonds. The van der Waals surface area contributed by atoms with Crippen LogP contribution in [0.5, 0.6) is 0 Å². The minimum absolute atomic E-state index is 0.132. The van der Waals surface area contributed by atoms with E-state index in [2.05, 4.69) is 31.5 Å². The van der Waals surface area contributed by atoms with Gasteiger partial charge in [-0.15, -0.1) is 11.3 Å². The number of hydrogen-bond donors (Lipinski definition) is 2. The number of anilines is 1. The van der Waals surface area contributed by atoms with Crippen molar-refractivity contribution in [3.05, 3.63) is 87.5 Å². The molecule has 0 fully saturated rings. The third-order valence-corrected chi connectivity index (χ3v) is 4.75. The number of aromatic nitrogens is 1. The summed E-state index contributed by atoms with van der Waals surface area (Å²) in [7, 11) is 0. The Hall–Kier alpha value is -2.77. The van der Waals surface area contributed by atoms with Gasteiger partial charge in [0.1, 0.15) is 5.70 Å². The highest BCUT2D eigenvalue weighted by Crippen LogP contribution is 2.17. The van der Waals surface area contributed by atoms with E-state index in [1.54, 1.807) is 35.9 Å². The van der Waals surface area contributed by atoms with Crippen LogP contribution >= 0.6 is 27.3 Å². The van der Waals surface area contributed by atoms with Crippen LogP contribution in [0.3, 0.4) is 0 Å². The Morgan fingerprint density at radius 1 is 1.04 bits per heavy atom. The molecule has 0 radical (unpaired) electrons. The molecule has 3 aromatic rings. The molecule has 0 spiro atoms. The molecule has 2 aromatic carbocycles. The third kappa shape index (κ3) is 4.65. The van der Waals surface area contributed by atoms with Gasteiger partial charge in [0.25, 0.3) is 11.8 Å². The van der Waals surface area contributed by atoms with E-state index >= 15 is 0 Å². The molecule has 0 bridgehead atoms. The molecule has 1 aromatic heterocycles. The predicted molar refractivity (Wildman–Crippen MR) is 107 cm³/mol. The summed E-state index contributed by atoms with van der Waals surface area (Å²) >= 11 is 4.65. The fraction of sp³-hybridized carbons (Fsp3) is 0. The highest BCUT2D eigenvalue weighted by atomic mass is 79.9. The molecule has 130 valence electrons. The largest absolute Gasteiger partial charge is 0.317 e. The van der Waals surface area contributed by atoms with Crippen molar-refractivity contribution in [2.24, 2.45) is 0 Å². The fourth-order valence-corrected chi connectivity index (χ4v) is 3.15. The Balaban J connectivity index is 1.87. The highest BCUT2D eigenvalue weighted by Gasteiger charge is 2.17. The van der Waals surface area contributed by atoms with E-state index in [-0.39, 0.29) is 11.6 Å². The predicted octanol–water partition coefficient (Wildman–Crippen LogP) is 4.32. The van der Waals surface area contributed by atoms with Crippen molar-refractivity contribution >= 4 is 50.3 Å². The summed E-state index contributed by atoms with van der Waals surface area (Å²) < 4.78 is 0.650. The monoisotopic (exact) mass is 427 g/mol. The quantitative estimate of drug-likeness (QED) is 0.595. The molecule has 0 atom stereocenters. The van der Waals surface area contributed by atoms with E-state index in [4.69, 9.17) is 0 Å². The van der Waals surface area contributed by atoms with Crippen LogP contribution in [0.2, 0.25) is 0 Å². The van der Waals surface area contributed by atoms with E-state index in [1.165, 1.54) is 11.3 Å². The molecule has 0 unspecified atom stereocenters. The molecule has 5 nitrogen and oxygen atoms in total. The average molecular weight is 428 g/mol. The number of amides is 2. The molecule has 7 heteroatoms. The van der Waals surface area contributed by atoms with E-state index in [9.17, 15) is 9.59 Å². The number of nitrogens with one attached hydrogen (secondary N) is 2. The minimum atomic E-state index is -0.441. The zero-order chi connectivity index (χ0) is 18.4. The van der Waals surface area contributed by atoms with Crippen molar-refractivity contribution in [2.45, 2.75) is 0 Å². The van der Waals surface area contributed by atoms with Crippen molar-refractivity contribution in [2.75, 3.05) is 5.32 Å². The number of hydrogen-bond acceptors (Lipinski definition) is 4. The Morgan fingerprint density at radius 3 is 2.46 bits per heavy atom. The van der Waals surface area contributed by atoms with Gasteiger partial charge in [-0.3, -0.25) is 14.9 Å². The molecule has 0 saturated carbocycles. The number of carbonyl (C=O) groups is 2. The Kier molecular flexibility index (Phi) is 5.93. The number of benzene rings is 2. The first-order chi connectivity index (χ1) is 12.6. The average Bonchev–Trinajstić information content (AvgIpc) is 3.15. The number of carbonyl (C=O) groups excluding carboxylic acids is 2. The highest BCUT2D eigenvalue weighted by molar-refractivity contribution is 9.10. The van der Waals surface area contributed by atoms with Gasteiger partial charge in [0.05, 0.1) is 5.56 Å². The van der Waals surface area contributed by atoms with Gasteiger partial charge in [0.15, 0.2) is 5.13 Å². The Labute approximate surface area is 162 Å². The zero-order valence-electron chi connectivity index (χ0n) is 13.5. The van der Waals surface area contributed by atoms with Crippen molar-refractivity contribution < 1.29 is 9.59 Å². The summed E-state index contributed by atoms with van der Waals surface area (Å²) in [6.07, 6.45) is 3.22. The second kappa shape index (κ2) is 8.55. The molecule has 0 aliphatic rings. The lowest BCUT2D eigenvalue weighted by Gasteiger charge is -2.11. The number of halogens is 1. The van der Waals surface area contributed by atoms with Gasteiger partial charge in [-0.25, -0.2) is 4.98 Å². The Morgan fingerprint density at radius 2 is 1.77 bits per heavy atom. The lowest BCUT2D eigenvalue weighted by molar-refractivity contribution is -0.113.